The Labute approximate surface area is 111 Å². The molecule has 1 heterocycles. The molecular weight excluding hydrogens is 242 g/mol. The van der Waals surface area contributed by atoms with Crippen molar-refractivity contribution in [2.45, 2.75) is 13.5 Å². The largest absolute Gasteiger partial charge is 0.456 e. The summed E-state index contributed by atoms with van der Waals surface area (Å²) in [5.74, 6) is -0.485. The van der Waals surface area contributed by atoms with Crippen LogP contribution in [0.1, 0.15) is 21.7 Å². The Hall–Kier alpha value is -2.56. The molecule has 2 rings (SSSR count). The normalized spacial score (nSPS) is 10.2. The average molecular weight is 257 g/mol. The van der Waals surface area contributed by atoms with E-state index >= 15 is 0 Å². The van der Waals surface area contributed by atoms with Gasteiger partial charge in [0.05, 0.1) is 11.3 Å². The summed E-state index contributed by atoms with van der Waals surface area (Å²) in [6, 6.07) is 10.2. The number of carbonyl (C=O) groups is 1. The zero-order valence-electron chi connectivity index (χ0n) is 10.6. The lowest BCUT2D eigenvalue weighted by Gasteiger charge is -2.07. The Morgan fingerprint density at radius 3 is 2.74 bits per heavy atom. The van der Waals surface area contributed by atoms with Gasteiger partial charge in [-0.25, -0.2) is 4.79 Å². The molecule has 0 fully saturated rings. The maximum Gasteiger partial charge on any atom is 0.340 e. The van der Waals surface area contributed by atoms with Crippen molar-refractivity contribution < 1.29 is 9.53 Å². The molecule has 0 saturated heterocycles. The summed E-state index contributed by atoms with van der Waals surface area (Å²) in [7, 11) is 0. The fraction of sp³-hybridized carbons (Fsp3) is 0.143. The second-order valence-electron chi connectivity index (χ2n) is 4.19. The van der Waals surface area contributed by atoms with E-state index in [1.165, 1.54) is 6.07 Å². The Morgan fingerprint density at radius 2 is 2.05 bits per heavy atom. The number of nitrogen functional groups attached to an aromatic ring is 2. The number of hydrogen-bond acceptors (Lipinski definition) is 5. The van der Waals surface area contributed by atoms with Crippen molar-refractivity contribution in [1.29, 1.82) is 0 Å². The van der Waals surface area contributed by atoms with E-state index in [1.807, 2.05) is 19.1 Å². The molecule has 1 aromatic carbocycles. The summed E-state index contributed by atoms with van der Waals surface area (Å²) in [4.78, 5) is 16.1. The molecule has 0 atom stereocenters. The quantitative estimate of drug-likeness (QED) is 0.647. The lowest BCUT2D eigenvalue weighted by Crippen LogP contribution is -2.09. The number of hydrogen-bond donors (Lipinski definition) is 2. The number of nitrogens with two attached hydrogens (primary N) is 2. The molecular formula is C14H15N3O2. The van der Waals surface area contributed by atoms with Gasteiger partial charge < -0.3 is 16.2 Å². The zero-order valence-corrected chi connectivity index (χ0v) is 10.6. The molecule has 0 unspecified atom stereocenters. The minimum Gasteiger partial charge on any atom is -0.456 e. The molecule has 0 radical (unpaired) electrons. The third-order valence-electron chi connectivity index (χ3n) is 2.59. The topological polar surface area (TPSA) is 91.2 Å². The molecule has 5 nitrogen and oxygen atoms in total. The molecule has 4 N–H and O–H groups in total. The predicted octanol–water partition coefficient (Wildman–Crippen LogP) is 1.91. The van der Waals surface area contributed by atoms with Crippen molar-refractivity contribution in [3.8, 4) is 0 Å². The molecule has 0 aliphatic carbocycles. The second kappa shape index (κ2) is 5.39. The fourth-order valence-corrected chi connectivity index (χ4v) is 1.66. The third-order valence-corrected chi connectivity index (χ3v) is 2.59. The Balaban J connectivity index is 2.05. The van der Waals surface area contributed by atoms with Gasteiger partial charge in [0.1, 0.15) is 6.61 Å². The molecule has 2 aromatic rings. The molecule has 0 amide bonds. The van der Waals surface area contributed by atoms with E-state index in [0.717, 1.165) is 5.69 Å². The van der Waals surface area contributed by atoms with Gasteiger partial charge in [-0.1, -0.05) is 6.07 Å². The first-order valence-electron chi connectivity index (χ1n) is 5.81. The van der Waals surface area contributed by atoms with Gasteiger partial charge in [-0.2, -0.15) is 0 Å². The molecule has 5 heteroatoms. The van der Waals surface area contributed by atoms with E-state index in [-0.39, 0.29) is 6.61 Å². The molecule has 98 valence electrons. The first kappa shape index (κ1) is 12.9. The van der Waals surface area contributed by atoms with Crippen LogP contribution >= 0.6 is 0 Å². The number of aryl methyl sites for hydroxylation is 1. The van der Waals surface area contributed by atoms with Crippen molar-refractivity contribution in [2.24, 2.45) is 0 Å². The van der Waals surface area contributed by atoms with Crippen molar-refractivity contribution in [1.82, 2.24) is 4.98 Å². The van der Waals surface area contributed by atoms with E-state index in [0.29, 0.717) is 22.6 Å². The highest BCUT2D eigenvalue weighted by Crippen LogP contribution is 2.17. The van der Waals surface area contributed by atoms with Gasteiger partial charge in [-0.05, 0) is 37.3 Å². The van der Waals surface area contributed by atoms with E-state index in [9.17, 15) is 4.79 Å². The molecule has 0 saturated carbocycles. The van der Waals surface area contributed by atoms with Crippen molar-refractivity contribution in [3.63, 3.8) is 0 Å². The van der Waals surface area contributed by atoms with Gasteiger partial charge in [0.2, 0.25) is 0 Å². The molecule has 1 aromatic heterocycles. The van der Waals surface area contributed by atoms with Crippen molar-refractivity contribution in [3.05, 3.63) is 53.3 Å². The molecule has 19 heavy (non-hydrogen) atoms. The number of aromatic nitrogens is 1. The molecule has 0 spiro atoms. The van der Waals surface area contributed by atoms with Crippen LogP contribution in [0.15, 0.2) is 36.4 Å². The Kier molecular flexibility index (Phi) is 3.66. The Bertz CT molecular complexity index is 611. The van der Waals surface area contributed by atoms with E-state index in [1.54, 1.807) is 18.2 Å². The van der Waals surface area contributed by atoms with Crippen molar-refractivity contribution >= 4 is 17.3 Å². The number of esters is 1. The highest BCUT2D eigenvalue weighted by Gasteiger charge is 2.11. The monoisotopic (exact) mass is 257 g/mol. The predicted molar refractivity (Wildman–Crippen MR) is 73.4 cm³/mol. The maximum atomic E-state index is 11.9. The van der Waals surface area contributed by atoms with E-state index in [4.69, 9.17) is 16.2 Å². The molecule has 0 aliphatic heterocycles. The van der Waals surface area contributed by atoms with E-state index < -0.39 is 5.97 Å². The first-order valence-corrected chi connectivity index (χ1v) is 5.81. The maximum absolute atomic E-state index is 11.9. The third kappa shape index (κ3) is 3.22. The highest BCUT2D eigenvalue weighted by molar-refractivity contribution is 5.95. The van der Waals surface area contributed by atoms with Gasteiger partial charge in [-0.15, -0.1) is 0 Å². The van der Waals surface area contributed by atoms with Gasteiger partial charge in [0.25, 0.3) is 0 Å². The summed E-state index contributed by atoms with van der Waals surface area (Å²) in [5, 5.41) is 0. The number of nitrogens with zero attached hydrogens (tertiary/aromatic N) is 1. The summed E-state index contributed by atoms with van der Waals surface area (Å²) < 4.78 is 5.17. The number of carbonyl (C=O) groups excluding carboxylic acids is 1. The number of ether oxygens (including phenoxy) is 1. The van der Waals surface area contributed by atoms with Crippen LogP contribution < -0.4 is 11.5 Å². The average Bonchev–Trinajstić information content (AvgIpc) is 2.36. The lowest BCUT2D eigenvalue weighted by atomic mass is 10.1. The minimum atomic E-state index is -0.485. The zero-order chi connectivity index (χ0) is 13.8. The van der Waals surface area contributed by atoms with Crippen LogP contribution in [0.2, 0.25) is 0 Å². The molecule has 0 bridgehead atoms. The van der Waals surface area contributed by atoms with Gasteiger partial charge in [-0.3, -0.25) is 4.98 Å². The molecule has 0 aliphatic rings. The number of rotatable bonds is 3. The standard InChI is InChI=1S/C14H15N3O2/c1-9-3-2-4-11(17-9)8-19-14(18)12-6-5-10(15)7-13(12)16/h2-7H,8,15-16H2,1H3. The van der Waals surface area contributed by atoms with E-state index in [2.05, 4.69) is 4.98 Å². The number of pyridine rings is 1. The van der Waals surface area contributed by atoms with Crippen LogP contribution in [-0.2, 0) is 11.3 Å². The minimum absolute atomic E-state index is 0.115. The first-order chi connectivity index (χ1) is 9.06. The fourth-order valence-electron chi connectivity index (χ4n) is 1.66. The van der Waals surface area contributed by atoms with Crippen LogP contribution in [-0.4, -0.2) is 11.0 Å². The van der Waals surface area contributed by atoms with Crippen molar-refractivity contribution in [2.75, 3.05) is 11.5 Å². The second-order valence-corrected chi connectivity index (χ2v) is 4.19. The summed E-state index contributed by atoms with van der Waals surface area (Å²) >= 11 is 0. The van der Waals surface area contributed by atoms with Gasteiger partial charge >= 0.3 is 5.97 Å². The SMILES string of the molecule is Cc1cccc(COC(=O)c2ccc(N)cc2N)n1. The van der Waals surface area contributed by atoms with Crippen LogP contribution in [0, 0.1) is 6.92 Å². The van der Waals surface area contributed by atoms with Crippen LogP contribution in [0.5, 0.6) is 0 Å². The number of anilines is 2. The van der Waals surface area contributed by atoms with Gasteiger partial charge in [0.15, 0.2) is 0 Å². The smallest absolute Gasteiger partial charge is 0.340 e. The lowest BCUT2D eigenvalue weighted by molar-refractivity contribution is 0.0469. The Morgan fingerprint density at radius 1 is 1.26 bits per heavy atom. The van der Waals surface area contributed by atoms with Crippen LogP contribution in [0.4, 0.5) is 11.4 Å². The summed E-state index contributed by atoms with van der Waals surface area (Å²) in [5.41, 5.74) is 14.0. The van der Waals surface area contributed by atoms with Crippen LogP contribution in [0.3, 0.4) is 0 Å². The number of benzene rings is 1. The highest BCUT2D eigenvalue weighted by atomic mass is 16.5. The van der Waals surface area contributed by atoms with Gasteiger partial charge in [0, 0.05) is 17.1 Å². The summed E-state index contributed by atoms with van der Waals surface area (Å²) in [6.07, 6.45) is 0. The van der Waals surface area contributed by atoms with Crippen LogP contribution in [0.25, 0.3) is 0 Å². The summed E-state index contributed by atoms with van der Waals surface area (Å²) in [6.45, 7) is 1.99.